The number of allylic oxidation sites excluding steroid dienone is 3. The molecule has 3 aliphatic rings. The first-order valence-electron chi connectivity index (χ1n) is 8.43. The van der Waals surface area contributed by atoms with Crippen LogP contribution in [0.3, 0.4) is 0 Å². The molecule has 1 aromatic carbocycles. The number of rotatable bonds is 2. The molecule has 0 amide bonds. The van der Waals surface area contributed by atoms with E-state index in [4.69, 9.17) is 0 Å². The fourth-order valence-electron chi connectivity index (χ4n) is 3.52. The summed E-state index contributed by atoms with van der Waals surface area (Å²) in [5, 5.41) is 7.24. The highest BCUT2D eigenvalue weighted by Gasteiger charge is 2.27. The second-order valence-corrected chi connectivity index (χ2v) is 6.72. The Morgan fingerprint density at radius 2 is 1.75 bits per heavy atom. The minimum atomic E-state index is 0.108. The van der Waals surface area contributed by atoms with Crippen LogP contribution in [0.5, 0.6) is 0 Å². The van der Waals surface area contributed by atoms with E-state index in [-0.39, 0.29) is 6.17 Å². The van der Waals surface area contributed by atoms with Crippen LogP contribution in [-0.2, 0) is 0 Å². The minimum absolute atomic E-state index is 0.108. The molecule has 0 radical (unpaired) electrons. The van der Waals surface area contributed by atoms with Gasteiger partial charge in [-0.1, -0.05) is 54.1 Å². The van der Waals surface area contributed by atoms with Gasteiger partial charge in [0.25, 0.3) is 0 Å². The zero-order chi connectivity index (χ0) is 16.7. The first kappa shape index (κ1) is 14.9. The van der Waals surface area contributed by atoms with Gasteiger partial charge >= 0.3 is 0 Å². The van der Waals surface area contributed by atoms with Gasteiger partial charge in [0.1, 0.15) is 6.17 Å². The SMILES string of the molecule is CC1=C(c2ccc(C)cc2)NC(C2=CN(C)C3C=CC=CC3=C2)N1. The van der Waals surface area contributed by atoms with Crippen LogP contribution in [-0.4, -0.2) is 24.2 Å². The van der Waals surface area contributed by atoms with Crippen LogP contribution in [0.2, 0.25) is 0 Å². The number of nitrogens with one attached hydrogen (secondary N) is 2. The molecule has 3 nitrogen and oxygen atoms in total. The lowest BCUT2D eigenvalue weighted by atomic mass is 9.94. The van der Waals surface area contributed by atoms with Crippen LogP contribution < -0.4 is 10.6 Å². The molecule has 0 fully saturated rings. The molecule has 1 aromatic rings. The van der Waals surface area contributed by atoms with Crippen molar-refractivity contribution in [1.82, 2.24) is 15.5 Å². The molecule has 0 saturated carbocycles. The van der Waals surface area contributed by atoms with Gasteiger partial charge in [-0.25, -0.2) is 0 Å². The summed E-state index contributed by atoms with van der Waals surface area (Å²) >= 11 is 0. The number of nitrogens with zero attached hydrogens (tertiary/aromatic N) is 1. The smallest absolute Gasteiger partial charge is 0.124 e. The molecule has 2 heterocycles. The van der Waals surface area contributed by atoms with Crippen molar-refractivity contribution in [2.75, 3.05) is 7.05 Å². The largest absolute Gasteiger partial charge is 0.370 e. The number of aryl methyl sites for hydroxylation is 1. The summed E-state index contributed by atoms with van der Waals surface area (Å²) in [5.41, 5.74) is 7.47. The molecule has 2 unspecified atom stereocenters. The third-order valence-electron chi connectivity index (χ3n) is 4.86. The highest BCUT2D eigenvalue weighted by atomic mass is 15.2. The molecule has 1 aliphatic carbocycles. The number of benzene rings is 1. The summed E-state index contributed by atoms with van der Waals surface area (Å²) in [6.07, 6.45) is 13.3. The Morgan fingerprint density at radius 3 is 2.54 bits per heavy atom. The second-order valence-electron chi connectivity index (χ2n) is 6.72. The Kier molecular flexibility index (Phi) is 3.57. The summed E-state index contributed by atoms with van der Waals surface area (Å²) in [5.74, 6) is 0. The van der Waals surface area contributed by atoms with E-state index < -0.39 is 0 Å². The van der Waals surface area contributed by atoms with Gasteiger partial charge in [-0.2, -0.15) is 0 Å². The van der Waals surface area contributed by atoms with Gasteiger partial charge in [0, 0.05) is 24.5 Å². The maximum Gasteiger partial charge on any atom is 0.124 e. The molecule has 2 N–H and O–H groups in total. The summed E-state index contributed by atoms with van der Waals surface area (Å²) in [6.45, 7) is 4.25. The van der Waals surface area contributed by atoms with Crippen LogP contribution in [0.25, 0.3) is 5.70 Å². The molecule has 0 bridgehead atoms. The molecule has 3 heteroatoms. The van der Waals surface area contributed by atoms with Crippen molar-refractivity contribution in [3.05, 3.63) is 88.8 Å². The van der Waals surface area contributed by atoms with Gasteiger partial charge in [0.15, 0.2) is 0 Å². The standard InChI is InChI=1S/C21H23N3/c1-14-8-10-16(11-9-14)20-15(2)22-21(23-20)18-12-17-6-4-5-7-19(17)24(3)13-18/h4-13,19,21-23H,1-3H3. The van der Waals surface area contributed by atoms with Crippen LogP contribution in [0.15, 0.2) is 77.7 Å². The maximum absolute atomic E-state index is 3.65. The van der Waals surface area contributed by atoms with Gasteiger partial charge in [-0.3, -0.25) is 0 Å². The van der Waals surface area contributed by atoms with E-state index in [9.17, 15) is 0 Å². The quantitative estimate of drug-likeness (QED) is 0.875. The number of likely N-dealkylation sites (N-methyl/N-ethyl adjacent to an activating group) is 1. The Morgan fingerprint density at radius 1 is 0.958 bits per heavy atom. The van der Waals surface area contributed by atoms with Gasteiger partial charge in [-0.15, -0.1) is 0 Å². The Labute approximate surface area is 143 Å². The van der Waals surface area contributed by atoms with Gasteiger partial charge in [0.05, 0.1) is 11.7 Å². The Bertz CT molecular complexity index is 806. The summed E-state index contributed by atoms with van der Waals surface area (Å²) < 4.78 is 0. The average molecular weight is 317 g/mol. The minimum Gasteiger partial charge on any atom is -0.370 e. The van der Waals surface area contributed by atoms with E-state index in [0.717, 1.165) is 0 Å². The summed E-state index contributed by atoms with van der Waals surface area (Å²) in [4.78, 5) is 2.27. The topological polar surface area (TPSA) is 27.3 Å². The molecule has 122 valence electrons. The molecule has 0 aromatic heterocycles. The fourth-order valence-corrected chi connectivity index (χ4v) is 3.52. The molecule has 4 rings (SSSR count). The van der Waals surface area contributed by atoms with E-state index in [2.05, 4.69) is 97.3 Å². The second kappa shape index (κ2) is 5.75. The van der Waals surface area contributed by atoms with E-state index >= 15 is 0 Å². The molecule has 0 saturated heterocycles. The molecular formula is C21H23N3. The van der Waals surface area contributed by atoms with Gasteiger partial charge in [0.2, 0.25) is 0 Å². The highest BCUT2D eigenvalue weighted by Crippen LogP contribution is 2.28. The maximum atomic E-state index is 3.65. The number of fused-ring (bicyclic) bond motifs is 1. The summed E-state index contributed by atoms with van der Waals surface area (Å²) in [7, 11) is 2.14. The summed E-state index contributed by atoms with van der Waals surface area (Å²) in [6, 6.07) is 9.02. The Balaban J connectivity index is 1.58. The van der Waals surface area contributed by atoms with Gasteiger partial charge in [-0.05, 0) is 31.1 Å². The van der Waals surface area contributed by atoms with Crippen molar-refractivity contribution in [1.29, 1.82) is 0 Å². The van der Waals surface area contributed by atoms with Crippen molar-refractivity contribution in [3.8, 4) is 0 Å². The lowest BCUT2D eigenvalue weighted by Gasteiger charge is -2.33. The third-order valence-corrected chi connectivity index (χ3v) is 4.86. The zero-order valence-corrected chi connectivity index (χ0v) is 14.4. The van der Waals surface area contributed by atoms with Crippen molar-refractivity contribution in [2.45, 2.75) is 26.1 Å². The van der Waals surface area contributed by atoms with Crippen molar-refractivity contribution < 1.29 is 0 Å². The molecule has 24 heavy (non-hydrogen) atoms. The normalized spacial score (nSPS) is 25.0. The number of hydrogen-bond donors (Lipinski definition) is 2. The van der Waals surface area contributed by atoms with E-state index in [0.29, 0.717) is 6.04 Å². The first-order chi connectivity index (χ1) is 11.6. The lowest BCUT2D eigenvalue weighted by molar-refractivity contribution is 0.411. The fraction of sp³-hybridized carbons (Fsp3) is 0.238. The highest BCUT2D eigenvalue weighted by molar-refractivity contribution is 5.70. The van der Waals surface area contributed by atoms with Crippen LogP contribution in [0.1, 0.15) is 18.1 Å². The van der Waals surface area contributed by atoms with Crippen molar-refractivity contribution in [3.63, 3.8) is 0 Å². The van der Waals surface area contributed by atoms with Crippen LogP contribution in [0.4, 0.5) is 0 Å². The molecule has 2 atom stereocenters. The molecule has 0 spiro atoms. The predicted molar refractivity (Wildman–Crippen MR) is 99.8 cm³/mol. The zero-order valence-electron chi connectivity index (χ0n) is 14.4. The van der Waals surface area contributed by atoms with Crippen LogP contribution >= 0.6 is 0 Å². The Hall–Kier alpha value is -2.68. The predicted octanol–water partition coefficient (Wildman–Crippen LogP) is 3.45. The van der Waals surface area contributed by atoms with Crippen molar-refractivity contribution >= 4 is 5.70 Å². The van der Waals surface area contributed by atoms with Crippen molar-refractivity contribution in [2.24, 2.45) is 0 Å². The molecular weight excluding hydrogens is 294 g/mol. The van der Waals surface area contributed by atoms with Gasteiger partial charge < -0.3 is 15.5 Å². The monoisotopic (exact) mass is 317 g/mol. The molecule has 2 aliphatic heterocycles. The number of hydrogen-bond acceptors (Lipinski definition) is 3. The van der Waals surface area contributed by atoms with E-state index in [1.807, 2.05) is 0 Å². The lowest BCUT2D eigenvalue weighted by Crippen LogP contribution is -2.39. The van der Waals surface area contributed by atoms with E-state index in [1.165, 1.54) is 33.7 Å². The first-order valence-corrected chi connectivity index (χ1v) is 8.43. The average Bonchev–Trinajstić information content (AvgIpc) is 2.97. The van der Waals surface area contributed by atoms with Crippen LogP contribution in [0, 0.1) is 6.92 Å². The van der Waals surface area contributed by atoms with E-state index in [1.54, 1.807) is 0 Å². The third kappa shape index (κ3) is 2.56.